The number of ether oxygens (including phenoxy) is 2. The van der Waals surface area contributed by atoms with Crippen LogP contribution in [0.4, 0.5) is 0 Å². The lowest BCUT2D eigenvalue weighted by atomic mass is 9.62. The van der Waals surface area contributed by atoms with Crippen molar-refractivity contribution >= 4 is 11.9 Å². The van der Waals surface area contributed by atoms with Crippen LogP contribution in [0.25, 0.3) is 0 Å². The molecule has 2 saturated carbocycles. The fraction of sp³-hybridized carbons (Fsp3) is 0.700. The number of fused-ring (bicyclic) bond motifs is 1. The number of rotatable bonds is 2. The normalized spacial score (nSPS) is 44.0. The third kappa shape index (κ3) is 2.39. The van der Waals surface area contributed by atoms with E-state index in [1.54, 1.807) is 19.9 Å². The van der Waals surface area contributed by atoms with Gasteiger partial charge in [0, 0.05) is 11.5 Å². The summed E-state index contributed by atoms with van der Waals surface area (Å²) in [4.78, 5) is 25.3. The smallest absolute Gasteiger partial charge is 0.333 e. The standard InChI is InChI=1S/C20H28O5/c1-6-11(2)17(22)25-16-15-14(21)8-7-12(3)19(15,5)10-20(16)13(4)9-24-18(20)23/h6,12,14-16,21H,4,7-10H2,1-3,5H3/b11-6-/t12-,14-,15+,16+,19+,20+/m0/s1. The van der Waals surface area contributed by atoms with Gasteiger partial charge in [-0.2, -0.15) is 0 Å². The molecule has 2 aliphatic carbocycles. The monoisotopic (exact) mass is 348 g/mol. The Morgan fingerprint density at radius 3 is 2.68 bits per heavy atom. The molecule has 0 aromatic heterocycles. The summed E-state index contributed by atoms with van der Waals surface area (Å²) >= 11 is 0. The summed E-state index contributed by atoms with van der Waals surface area (Å²) in [6.07, 6.45) is 2.39. The zero-order valence-electron chi connectivity index (χ0n) is 15.5. The second-order valence-electron chi connectivity index (χ2n) is 8.20. The van der Waals surface area contributed by atoms with E-state index in [4.69, 9.17) is 9.47 Å². The number of allylic oxidation sites excluding steroid dienone is 1. The Bertz CT molecular complexity index is 632. The molecule has 5 heteroatoms. The maximum Gasteiger partial charge on any atom is 0.333 e. The Hall–Kier alpha value is -1.62. The van der Waals surface area contributed by atoms with Crippen molar-refractivity contribution in [2.75, 3.05) is 6.61 Å². The zero-order valence-corrected chi connectivity index (χ0v) is 15.5. The quantitative estimate of drug-likeness (QED) is 0.472. The first kappa shape index (κ1) is 18.2. The summed E-state index contributed by atoms with van der Waals surface area (Å²) in [5.41, 5.74) is -0.205. The van der Waals surface area contributed by atoms with Crippen molar-refractivity contribution in [3.63, 3.8) is 0 Å². The average Bonchev–Trinajstić information content (AvgIpc) is 3.01. The SMILES string of the molecule is C=C1COC(=O)[C@]12C[C@@]1(C)[C@@H]([C@H]2OC(=O)/C(C)=C\C)[C@@H](O)CC[C@@H]1C. The second-order valence-corrected chi connectivity index (χ2v) is 8.20. The van der Waals surface area contributed by atoms with Gasteiger partial charge in [-0.05, 0) is 50.0 Å². The van der Waals surface area contributed by atoms with Gasteiger partial charge in [-0.25, -0.2) is 4.79 Å². The van der Waals surface area contributed by atoms with Crippen molar-refractivity contribution in [3.8, 4) is 0 Å². The van der Waals surface area contributed by atoms with Gasteiger partial charge in [0.05, 0.1) is 6.10 Å². The predicted octanol–water partition coefficient (Wildman–Crippen LogP) is 2.78. The van der Waals surface area contributed by atoms with Gasteiger partial charge in [0.15, 0.2) is 0 Å². The van der Waals surface area contributed by atoms with Crippen LogP contribution in [0.3, 0.4) is 0 Å². The Kier molecular flexibility index (Phi) is 4.34. The molecule has 1 heterocycles. The molecule has 1 aliphatic heterocycles. The van der Waals surface area contributed by atoms with Crippen LogP contribution in [0.15, 0.2) is 23.8 Å². The summed E-state index contributed by atoms with van der Waals surface area (Å²) in [6.45, 7) is 11.9. The summed E-state index contributed by atoms with van der Waals surface area (Å²) in [5, 5.41) is 10.8. The number of cyclic esters (lactones) is 1. The highest BCUT2D eigenvalue weighted by Crippen LogP contribution is 2.65. The lowest BCUT2D eigenvalue weighted by Gasteiger charge is -2.45. The van der Waals surface area contributed by atoms with Gasteiger partial charge in [0.1, 0.15) is 18.1 Å². The summed E-state index contributed by atoms with van der Waals surface area (Å²) in [5.74, 6) is -0.810. The Balaban J connectivity index is 2.10. The molecule has 0 radical (unpaired) electrons. The van der Waals surface area contributed by atoms with Crippen LogP contribution in [0, 0.1) is 22.7 Å². The van der Waals surface area contributed by atoms with Crippen LogP contribution in [-0.2, 0) is 19.1 Å². The molecular weight excluding hydrogens is 320 g/mol. The molecule has 0 amide bonds. The first-order valence-corrected chi connectivity index (χ1v) is 9.06. The molecule has 3 fully saturated rings. The molecule has 1 N–H and O–H groups in total. The van der Waals surface area contributed by atoms with Crippen molar-refractivity contribution in [2.45, 2.75) is 59.2 Å². The Labute approximate surface area is 149 Å². The molecule has 0 aromatic carbocycles. The van der Waals surface area contributed by atoms with Gasteiger partial charge in [-0.15, -0.1) is 0 Å². The van der Waals surface area contributed by atoms with E-state index in [0.717, 1.165) is 6.42 Å². The molecule has 1 saturated heterocycles. The van der Waals surface area contributed by atoms with E-state index in [1.165, 1.54) is 0 Å². The zero-order chi connectivity index (χ0) is 18.6. The van der Waals surface area contributed by atoms with Crippen molar-refractivity contribution in [1.82, 2.24) is 0 Å². The minimum atomic E-state index is -1.04. The summed E-state index contributed by atoms with van der Waals surface area (Å²) in [6, 6.07) is 0. The largest absolute Gasteiger partial charge is 0.460 e. The maximum absolute atomic E-state index is 12.8. The van der Waals surface area contributed by atoms with Gasteiger partial charge in [-0.1, -0.05) is 26.5 Å². The number of carbonyl (C=O) groups is 2. The lowest BCUT2D eigenvalue weighted by Crippen LogP contribution is -2.49. The van der Waals surface area contributed by atoms with Crippen LogP contribution in [0.1, 0.15) is 47.0 Å². The number of aliphatic hydroxyl groups is 1. The van der Waals surface area contributed by atoms with Crippen LogP contribution < -0.4 is 0 Å². The number of carbonyl (C=O) groups excluding carboxylic acids is 2. The van der Waals surface area contributed by atoms with Crippen LogP contribution in [0.5, 0.6) is 0 Å². The summed E-state index contributed by atoms with van der Waals surface area (Å²) < 4.78 is 11.2. The molecule has 3 aliphatic rings. The first-order chi connectivity index (χ1) is 11.7. The van der Waals surface area contributed by atoms with Gasteiger partial charge in [0.2, 0.25) is 0 Å². The Morgan fingerprint density at radius 2 is 2.12 bits per heavy atom. The molecule has 25 heavy (non-hydrogen) atoms. The molecule has 5 nitrogen and oxygen atoms in total. The number of hydrogen-bond acceptors (Lipinski definition) is 5. The lowest BCUT2D eigenvalue weighted by molar-refractivity contribution is -0.165. The summed E-state index contributed by atoms with van der Waals surface area (Å²) in [7, 11) is 0. The average molecular weight is 348 g/mol. The highest BCUT2D eigenvalue weighted by molar-refractivity contribution is 5.90. The molecule has 3 rings (SSSR count). The van der Waals surface area contributed by atoms with E-state index >= 15 is 0 Å². The van der Waals surface area contributed by atoms with E-state index in [1.807, 2.05) is 0 Å². The van der Waals surface area contributed by atoms with Crippen LogP contribution >= 0.6 is 0 Å². The molecule has 0 unspecified atom stereocenters. The highest BCUT2D eigenvalue weighted by Gasteiger charge is 2.71. The van der Waals surface area contributed by atoms with Crippen molar-refractivity contribution in [3.05, 3.63) is 23.8 Å². The van der Waals surface area contributed by atoms with Gasteiger partial charge in [-0.3, -0.25) is 4.79 Å². The molecule has 1 spiro atoms. The van der Waals surface area contributed by atoms with E-state index in [-0.39, 0.29) is 23.9 Å². The third-order valence-electron chi connectivity index (χ3n) is 7.03. The van der Waals surface area contributed by atoms with Gasteiger partial charge < -0.3 is 14.6 Å². The number of hydrogen-bond donors (Lipinski definition) is 1. The van der Waals surface area contributed by atoms with Crippen LogP contribution in [0.2, 0.25) is 0 Å². The van der Waals surface area contributed by atoms with Gasteiger partial charge >= 0.3 is 11.9 Å². The van der Waals surface area contributed by atoms with E-state index in [2.05, 4.69) is 20.4 Å². The predicted molar refractivity (Wildman–Crippen MR) is 92.5 cm³/mol. The Morgan fingerprint density at radius 1 is 1.44 bits per heavy atom. The van der Waals surface area contributed by atoms with Crippen molar-refractivity contribution in [1.29, 1.82) is 0 Å². The van der Waals surface area contributed by atoms with Gasteiger partial charge in [0.25, 0.3) is 0 Å². The fourth-order valence-corrected chi connectivity index (χ4v) is 5.11. The van der Waals surface area contributed by atoms with E-state index < -0.39 is 23.6 Å². The molecule has 0 bridgehead atoms. The molecule has 6 atom stereocenters. The number of esters is 2. The van der Waals surface area contributed by atoms with Crippen molar-refractivity contribution in [2.24, 2.45) is 22.7 Å². The molecular formula is C20H28O5. The minimum absolute atomic E-state index is 0.156. The van der Waals surface area contributed by atoms with E-state index in [9.17, 15) is 14.7 Å². The highest BCUT2D eigenvalue weighted by atomic mass is 16.6. The fourth-order valence-electron chi connectivity index (χ4n) is 5.11. The van der Waals surface area contributed by atoms with Crippen LogP contribution in [-0.4, -0.2) is 35.9 Å². The first-order valence-electron chi connectivity index (χ1n) is 9.06. The van der Waals surface area contributed by atoms with E-state index in [0.29, 0.717) is 29.9 Å². The van der Waals surface area contributed by atoms with Crippen molar-refractivity contribution < 1.29 is 24.2 Å². The second kappa shape index (κ2) is 5.97. The topological polar surface area (TPSA) is 72.8 Å². The number of aliphatic hydroxyl groups excluding tert-OH is 1. The third-order valence-corrected chi connectivity index (χ3v) is 7.03. The molecule has 0 aromatic rings. The minimum Gasteiger partial charge on any atom is -0.460 e. The molecule has 138 valence electrons. The maximum atomic E-state index is 12.8.